The van der Waals surface area contributed by atoms with Crippen LogP contribution in [0.2, 0.25) is 0 Å². The van der Waals surface area contributed by atoms with Gasteiger partial charge in [-0.1, -0.05) is 36.0 Å². The van der Waals surface area contributed by atoms with Gasteiger partial charge < -0.3 is 14.5 Å². The summed E-state index contributed by atoms with van der Waals surface area (Å²) in [7, 11) is 0. The van der Waals surface area contributed by atoms with Crippen molar-refractivity contribution in [2.75, 3.05) is 12.5 Å². The van der Waals surface area contributed by atoms with E-state index >= 15 is 0 Å². The molecule has 2 aliphatic heterocycles. The molecule has 136 valence electrons. The second-order valence-corrected chi connectivity index (χ2v) is 7.40. The average molecular weight is 378 g/mol. The van der Waals surface area contributed by atoms with Crippen molar-refractivity contribution in [1.29, 1.82) is 0 Å². The topological polar surface area (TPSA) is 71.0 Å². The van der Waals surface area contributed by atoms with Gasteiger partial charge in [0.15, 0.2) is 16.7 Å². The Morgan fingerprint density at radius 3 is 2.93 bits per heavy atom. The largest absolute Gasteiger partial charge is 0.454 e. The molecule has 0 bridgehead atoms. The Labute approximate surface area is 160 Å². The predicted octanol–water partition coefficient (Wildman–Crippen LogP) is 3.80. The molecule has 0 saturated carbocycles. The maximum atomic E-state index is 5.42. The molecule has 7 heteroatoms. The fourth-order valence-corrected chi connectivity index (χ4v) is 4.12. The highest BCUT2D eigenvalue weighted by Crippen LogP contribution is 2.32. The molecule has 2 aromatic carbocycles. The van der Waals surface area contributed by atoms with Crippen molar-refractivity contribution < 1.29 is 9.47 Å². The summed E-state index contributed by atoms with van der Waals surface area (Å²) in [5, 5.41) is 6.62. The van der Waals surface area contributed by atoms with Crippen LogP contribution in [0, 0.1) is 6.92 Å². The first-order valence-corrected chi connectivity index (χ1v) is 9.72. The number of aromatic amines is 1. The first-order chi connectivity index (χ1) is 13.3. The van der Waals surface area contributed by atoms with Crippen LogP contribution in [0.25, 0.3) is 10.9 Å². The Kier molecular flexibility index (Phi) is 4.01. The first kappa shape index (κ1) is 16.3. The van der Waals surface area contributed by atoms with Gasteiger partial charge in [0.1, 0.15) is 0 Å². The Balaban J connectivity index is 1.33. The third kappa shape index (κ3) is 3.04. The third-order valence-electron chi connectivity index (χ3n) is 4.66. The maximum absolute atomic E-state index is 5.42. The molecule has 0 amide bonds. The summed E-state index contributed by atoms with van der Waals surface area (Å²) >= 11 is 1.67. The number of fused-ring (bicyclic) bond motifs is 2. The molecule has 0 spiro atoms. The van der Waals surface area contributed by atoms with E-state index in [1.165, 1.54) is 10.9 Å². The van der Waals surface area contributed by atoms with Crippen LogP contribution in [0.3, 0.4) is 0 Å². The predicted molar refractivity (Wildman–Crippen MR) is 109 cm³/mol. The Morgan fingerprint density at radius 2 is 2.04 bits per heavy atom. The van der Waals surface area contributed by atoms with Gasteiger partial charge >= 0.3 is 0 Å². The van der Waals surface area contributed by atoms with Gasteiger partial charge in [0, 0.05) is 27.9 Å². The quantitative estimate of drug-likeness (QED) is 0.727. The molecule has 6 nitrogen and oxygen atoms in total. The molecule has 1 aromatic heterocycles. The van der Waals surface area contributed by atoms with Crippen LogP contribution in [0.4, 0.5) is 0 Å². The van der Waals surface area contributed by atoms with Crippen LogP contribution < -0.4 is 14.9 Å². The summed E-state index contributed by atoms with van der Waals surface area (Å²) in [5.74, 6) is 2.36. The fourth-order valence-electron chi connectivity index (χ4n) is 3.38. The second kappa shape index (κ2) is 6.66. The van der Waals surface area contributed by atoms with Crippen molar-refractivity contribution in [2.24, 2.45) is 10.1 Å². The van der Waals surface area contributed by atoms with Gasteiger partial charge in [0.2, 0.25) is 6.79 Å². The molecule has 27 heavy (non-hydrogen) atoms. The minimum atomic E-state index is 0.287. The lowest BCUT2D eigenvalue weighted by Crippen LogP contribution is -2.25. The fraction of sp³-hybridized carbons (Fsp3) is 0.200. The molecule has 3 aromatic rings. The number of hydrogen-bond acceptors (Lipinski definition) is 5. The van der Waals surface area contributed by atoms with Crippen LogP contribution in [0.1, 0.15) is 16.8 Å². The van der Waals surface area contributed by atoms with E-state index in [1.807, 2.05) is 24.3 Å². The first-order valence-electron chi connectivity index (χ1n) is 8.74. The van der Waals surface area contributed by atoms with Gasteiger partial charge in [-0.25, -0.2) is 0 Å². The molecular formula is C20H18N4O2S. The highest BCUT2D eigenvalue weighted by Gasteiger charge is 2.19. The number of benzene rings is 2. The monoisotopic (exact) mass is 378 g/mol. The van der Waals surface area contributed by atoms with Crippen molar-refractivity contribution >= 4 is 33.5 Å². The molecule has 2 N–H and O–H groups in total. The summed E-state index contributed by atoms with van der Waals surface area (Å²) < 4.78 is 10.8. The zero-order valence-corrected chi connectivity index (χ0v) is 15.6. The number of thioether (sulfide) groups is 1. The van der Waals surface area contributed by atoms with Crippen molar-refractivity contribution in [3.63, 3.8) is 0 Å². The summed E-state index contributed by atoms with van der Waals surface area (Å²) in [6, 6.07) is 14.2. The Morgan fingerprint density at radius 1 is 1.15 bits per heavy atom. The van der Waals surface area contributed by atoms with E-state index < -0.39 is 0 Å². The normalized spacial score (nSPS) is 17.2. The molecule has 0 unspecified atom stereocenters. The van der Waals surface area contributed by atoms with Crippen molar-refractivity contribution in [3.8, 4) is 11.5 Å². The van der Waals surface area contributed by atoms with Crippen molar-refractivity contribution in [1.82, 2.24) is 10.4 Å². The molecule has 0 atom stereocenters. The summed E-state index contributed by atoms with van der Waals surface area (Å²) in [5.41, 5.74) is 8.68. The molecule has 5 rings (SSSR count). The van der Waals surface area contributed by atoms with Gasteiger partial charge in [-0.15, -0.1) is 0 Å². The van der Waals surface area contributed by atoms with E-state index in [1.54, 1.807) is 11.8 Å². The second-order valence-electron chi connectivity index (χ2n) is 6.44. The number of amidine groups is 1. The molecule has 0 saturated heterocycles. The number of H-pyrrole nitrogens is 1. The van der Waals surface area contributed by atoms with Crippen LogP contribution in [0.5, 0.6) is 11.5 Å². The molecule has 2 aliphatic rings. The number of nitrogens with one attached hydrogen (secondary N) is 2. The van der Waals surface area contributed by atoms with E-state index in [4.69, 9.17) is 9.47 Å². The molecule has 3 heterocycles. The van der Waals surface area contributed by atoms with Crippen molar-refractivity contribution in [2.45, 2.75) is 13.5 Å². The minimum absolute atomic E-state index is 0.287. The average Bonchev–Trinajstić information content (AvgIpc) is 3.29. The Bertz CT molecular complexity index is 1090. The third-order valence-corrected chi connectivity index (χ3v) is 5.57. The van der Waals surface area contributed by atoms with E-state index in [0.717, 1.165) is 44.9 Å². The van der Waals surface area contributed by atoms with Gasteiger partial charge in [-0.3, -0.25) is 10.4 Å². The van der Waals surface area contributed by atoms with Gasteiger partial charge in [-0.2, -0.15) is 5.10 Å². The van der Waals surface area contributed by atoms with Crippen molar-refractivity contribution in [3.05, 3.63) is 59.3 Å². The summed E-state index contributed by atoms with van der Waals surface area (Å²) in [6.07, 6.45) is 0. The van der Waals surface area contributed by atoms with Crippen LogP contribution in [-0.2, 0) is 6.54 Å². The zero-order valence-electron chi connectivity index (χ0n) is 14.8. The lowest BCUT2D eigenvalue weighted by Gasteiger charge is -2.15. The molecule has 0 fully saturated rings. The minimum Gasteiger partial charge on any atom is -0.454 e. The van der Waals surface area contributed by atoms with Crippen LogP contribution in [-0.4, -0.2) is 28.4 Å². The van der Waals surface area contributed by atoms with Gasteiger partial charge in [-0.05, 0) is 30.7 Å². The molecular weight excluding hydrogens is 360 g/mol. The van der Waals surface area contributed by atoms with Crippen LogP contribution in [0.15, 0.2) is 52.6 Å². The smallest absolute Gasteiger partial charge is 0.231 e. The van der Waals surface area contributed by atoms with Gasteiger partial charge in [0.25, 0.3) is 0 Å². The number of para-hydroxylation sites is 1. The number of ether oxygens (including phenoxy) is 2. The molecule has 0 radical (unpaired) electrons. The lowest BCUT2D eigenvalue weighted by atomic mass is 10.1. The highest BCUT2D eigenvalue weighted by atomic mass is 32.2. The van der Waals surface area contributed by atoms with E-state index in [2.05, 4.69) is 45.6 Å². The lowest BCUT2D eigenvalue weighted by molar-refractivity contribution is 0.174. The van der Waals surface area contributed by atoms with E-state index in [9.17, 15) is 0 Å². The summed E-state index contributed by atoms with van der Waals surface area (Å²) in [6.45, 7) is 2.95. The number of rotatable bonds is 3. The maximum Gasteiger partial charge on any atom is 0.231 e. The Hall–Kier alpha value is -2.93. The van der Waals surface area contributed by atoms with Crippen LogP contribution >= 0.6 is 11.8 Å². The zero-order chi connectivity index (χ0) is 18.2. The number of nitrogens with zero attached hydrogens (tertiary/aromatic N) is 2. The SMILES string of the molecule is Cc1[nH]c2ccccc2c1C1=NNC(=NCc2ccc3c(c2)OCO3)SC1. The number of hydrogen-bond donors (Lipinski definition) is 2. The van der Waals surface area contributed by atoms with Gasteiger partial charge in [0.05, 0.1) is 12.3 Å². The molecule has 0 aliphatic carbocycles. The summed E-state index contributed by atoms with van der Waals surface area (Å²) in [4.78, 5) is 8.07. The van der Waals surface area contributed by atoms with E-state index in [0.29, 0.717) is 6.54 Å². The standard InChI is InChI=1S/C20H18N4O2S/c1-12-19(14-4-2-3-5-15(14)22-12)16-10-27-20(24-23-16)21-9-13-6-7-17-18(8-13)26-11-25-17/h2-8,22H,9-11H2,1H3,(H,21,24). The number of aryl methyl sites for hydroxylation is 1. The van der Waals surface area contributed by atoms with E-state index in [-0.39, 0.29) is 6.79 Å². The number of aliphatic imine (C=N–C) groups is 1. The number of aromatic nitrogens is 1. The highest BCUT2D eigenvalue weighted by molar-refractivity contribution is 8.14. The number of hydrazone groups is 1.